The fourth-order valence-electron chi connectivity index (χ4n) is 4.05. The van der Waals surface area contributed by atoms with Crippen molar-refractivity contribution in [3.63, 3.8) is 0 Å². The standard InChI is InChI=1S/C20H34N6O2/c1-4-20(3)17(27)26(19(28)23-20)13-8-10-22-18(21-5-2)25-14-9-16(15-25)24-11-6-7-12-24/h6-7,16H,4-5,8-15H2,1-3H3,(H,21,22)(H,23,28). The number of guanidine groups is 1. The minimum atomic E-state index is -0.760. The monoisotopic (exact) mass is 390 g/mol. The Morgan fingerprint density at radius 1 is 1.32 bits per heavy atom. The van der Waals surface area contributed by atoms with E-state index in [0.717, 1.165) is 45.1 Å². The molecule has 3 aliphatic heterocycles. The Morgan fingerprint density at radius 3 is 2.71 bits per heavy atom. The molecule has 8 nitrogen and oxygen atoms in total. The van der Waals surface area contributed by atoms with E-state index in [9.17, 15) is 9.59 Å². The smallest absolute Gasteiger partial charge is 0.325 e. The minimum absolute atomic E-state index is 0.127. The third kappa shape index (κ3) is 4.32. The summed E-state index contributed by atoms with van der Waals surface area (Å²) in [6.45, 7) is 11.7. The fourth-order valence-corrected chi connectivity index (χ4v) is 4.05. The highest BCUT2D eigenvalue weighted by atomic mass is 16.2. The molecule has 0 spiro atoms. The van der Waals surface area contributed by atoms with Crippen molar-refractivity contribution >= 4 is 17.9 Å². The van der Waals surface area contributed by atoms with Gasteiger partial charge in [-0.2, -0.15) is 0 Å². The quantitative estimate of drug-likeness (QED) is 0.223. The van der Waals surface area contributed by atoms with E-state index in [2.05, 4.69) is 39.5 Å². The average molecular weight is 391 g/mol. The summed E-state index contributed by atoms with van der Waals surface area (Å²) in [5, 5.41) is 6.18. The molecule has 3 aliphatic rings. The molecule has 0 radical (unpaired) electrons. The number of imide groups is 1. The van der Waals surface area contributed by atoms with Gasteiger partial charge in [0.15, 0.2) is 5.96 Å². The van der Waals surface area contributed by atoms with Crippen molar-refractivity contribution in [2.75, 3.05) is 45.8 Å². The number of amides is 3. The number of carbonyl (C=O) groups is 2. The molecule has 2 fully saturated rings. The van der Waals surface area contributed by atoms with E-state index in [0.29, 0.717) is 32.0 Å². The van der Waals surface area contributed by atoms with Gasteiger partial charge in [0.2, 0.25) is 0 Å². The molecule has 0 bridgehead atoms. The summed E-state index contributed by atoms with van der Waals surface area (Å²) >= 11 is 0. The highest BCUT2D eigenvalue weighted by molar-refractivity contribution is 6.06. The lowest BCUT2D eigenvalue weighted by atomic mass is 9.99. The van der Waals surface area contributed by atoms with Crippen molar-refractivity contribution in [1.82, 2.24) is 25.3 Å². The minimum Gasteiger partial charge on any atom is -0.357 e. The van der Waals surface area contributed by atoms with E-state index >= 15 is 0 Å². The molecule has 2 saturated heterocycles. The third-order valence-electron chi connectivity index (χ3n) is 6.01. The van der Waals surface area contributed by atoms with Gasteiger partial charge >= 0.3 is 6.03 Å². The van der Waals surface area contributed by atoms with Crippen LogP contribution in [0.25, 0.3) is 0 Å². The lowest BCUT2D eigenvalue weighted by Crippen LogP contribution is -2.43. The summed E-state index contributed by atoms with van der Waals surface area (Å²) < 4.78 is 0. The Kier molecular flexibility index (Phi) is 6.59. The van der Waals surface area contributed by atoms with Crippen molar-refractivity contribution in [3.8, 4) is 0 Å². The van der Waals surface area contributed by atoms with Crippen LogP contribution in [0.2, 0.25) is 0 Å². The zero-order valence-electron chi connectivity index (χ0n) is 17.4. The van der Waals surface area contributed by atoms with Crippen molar-refractivity contribution in [1.29, 1.82) is 0 Å². The first-order chi connectivity index (χ1) is 13.5. The van der Waals surface area contributed by atoms with Gasteiger partial charge in [0.25, 0.3) is 5.91 Å². The lowest BCUT2D eigenvalue weighted by Gasteiger charge is -2.25. The molecule has 3 rings (SSSR count). The van der Waals surface area contributed by atoms with Gasteiger partial charge in [-0.3, -0.25) is 19.6 Å². The van der Waals surface area contributed by atoms with Crippen LogP contribution in [0.4, 0.5) is 4.79 Å². The zero-order chi connectivity index (χ0) is 20.1. The van der Waals surface area contributed by atoms with Crippen molar-refractivity contribution < 1.29 is 9.59 Å². The van der Waals surface area contributed by atoms with Crippen molar-refractivity contribution in [2.24, 2.45) is 4.99 Å². The van der Waals surface area contributed by atoms with Gasteiger partial charge < -0.3 is 15.5 Å². The number of likely N-dealkylation sites (tertiary alicyclic amines) is 1. The van der Waals surface area contributed by atoms with Gasteiger partial charge in [-0.25, -0.2) is 4.79 Å². The maximum absolute atomic E-state index is 12.4. The first kappa shape index (κ1) is 20.6. The first-order valence-corrected chi connectivity index (χ1v) is 10.5. The Balaban J connectivity index is 1.50. The molecule has 0 aromatic carbocycles. The second-order valence-electron chi connectivity index (χ2n) is 7.98. The Bertz CT molecular complexity index is 641. The van der Waals surface area contributed by atoms with Crippen molar-refractivity contribution in [2.45, 2.75) is 51.6 Å². The molecule has 0 aromatic rings. The van der Waals surface area contributed by atoms with Gasteiger partial charge in [0.1, 0.15) is 5.54 Å². The predicted molar refractivity (Wildman–Crippen MR) is 110 cm³/mol. The van der Waals surface area contributed by atoms with Gasteiger partial charge in [0, 0.05) is 51.9 Å². The molecule has 156 valence electrons. The van der Waals surface area contributed by atoms with Gasteiger partial charge in [0.05, 0.1) is 0 Å². The van der Waals surface area contributed by atoms with Crippen LogP contribution in [-0.2, 0) is 4.79 Å². The molecular weight excluding hydrogens is 356 g/mol. The van der Waals surface area contributed by atoms with E-state index in [1.54, 1.807) is 6.92 Å². The topological polar surface area (TPSA) is 80.3 Å². The Hall–Kier alpha value is -2.09. The normalized spacial score (nSPS) is 28.5. The molecule has 8 heteroatoms. The van der Waals surface area contributed by atoms with Crippen molar-refractivity contribution in [3.05, 3.63) is 12.2 Å². The highest BCUT2D eigenvalue weighted by Crippen LogP contribution is 2.21. The number of carbonyl (C=O) groups excluding carboxylic acids is 2. The third-order valence-corrected chi connectivity index (χ3v) is 6.01. The van der Waals surface area contributed by atoms with E-state index in [4.69, 9.17) is 4.99 Å². The summed E-state index contributed by atoms with van der Waals surface area (Å²) in [5.74, 6) is 0.810. The van der Waals surface area contributed by atoms with Crippen LogP contribution in [0.3, 0.4) is 0 Å². The predicted octanol–water partition coefficient (Wildman–Crippen LogP) is 1.01. The molecule has 3 amide bonds. The SMILES string of the molecule is CCNC(=NCCCN1C(=O)NC(C)(CC)C1=O)N1CCC(N2CC=CC2)C1. The summed E-state index contributed by atoms with van der Waals surface area (Å²) in [6, 6.07) is 0.295. The fraction of sp³-hybridized carbons (Fsp3) is 0.750. The molecule has 0 saturated carbocycles. The van der Waals surface area contributed by atoms with Crippen LogP contribution < -0.4 is 10.6 Å². The van der Waals surface area contributed by atoms with Crippen LogP contribution in [0.5, 0.6) is 0 Å². The zero-order valence-corrected chi connectivity index (χ0v) is 17.4. The Labute approximate surface area is 168 Å². The second-order valence-corrected chi connectivity index (χ2v) is 7.98. The molecular formula is C20H34N6O2. The summed E-state index contributed by atoms with van der Waals surface area (Å²) in [6.07, 6.45) is 6.90. The van der Waals surface area contributed by atoms with Crippen LogP contribution in [0.1, 0.15) is 40.0 Å². The lowest BCUT2D eigenvalue weighted by molar-refractivity contribution is -0.130. The number of hydrogen-bond acceptors (Lipinski definition) is 4. The number of urea groups is 1. The van der Waals surface area contributed by atoms with Gasteiger partial charge in [-0.05, 0) is 33.1 Å². The number of nitrogens with zero attached hydrogens (tertiary/aromatic N) is 4. The maximum atomic E-state index is 12.4. The number of hydrogen-bond donors (Lipinski definition) is 2. The largest absolute Gasteiger partial charge is 0.357 e. The Morgan fingerprint density at radius 2 is 2.07 bits per heavy atom. The van der Waals surface area contributed by atoms with E-state index in [1.807, 2.05) is 6.92 Å². The molecule has 0 aliphatic carbocycles. The molecule has 3 heterocycles. The average Bonchev–Trinajstić information content (AvgIpc) is 3.40. The molecule has 0 aromatic heterocycles. The van der Waals surface area contributed by atoms with E-state index < -0.39 is 5.54 Å². The second kappa shape index (κ2) is 8.94. The highest BCUT2D eigenvalue weighted by Gasteiger charge is 2.45. The van der Waals surface area contributed by atoms with E-state index in [-0.39, 0.29) is 11.9 Å². The van der Waals surface area contributed by atoms with Crippen LogP contribution in [0.15, 0.2) is 17.1 Å². The van der Waals surface area contributed by atoms with Crippen LogP contribution >= 0.6 is 0 Å². The summed E-state index contributed by atoms with van der Waals surface area (Å²) in [4.78, 5) is 35.5. The first-order valence-electron chi connectivity index (χ1n) is 10.5. The molecule has 2 N–H and O–H groups in total. The van der Waals surface area contributed by atoms with Gasteiger partial charge in [-0.1, -0.05) is 19.1 Å². The number of nitrogens with one attached hydrogen (secondary N) is 2. The van der Waals surface area contributed by atoms with Crippen LogP contribution in [0, 0.1) is 0 Å². The van der Waals surface area contributed by atoms with Gasteiger partial charge in [-0.15, -0.1) is 0 Å². The van der Waals surface area contributed by atoms with E-state index in [1.165, 1.54) is 4.90 Å². The number of rotatable bonds is 7. The summed E-state index contributed by atoms with van der Waals surface area (Å²) in [5.41, 5.74) is -0.760. The molecule has 2 unspecified atom stereocenters. The molecule has 2 atom stereocenters. The maximum Gasteiger partial charge on any atom is 0.325 e. The summed E-state index contributed by atoms with van der Waals surface area (Å²) in [7, 11) is 0. The molecule has 28 heavy (non-hydrogen) atoms. The van der Waals surface area contributed by atoms with Crippen LogP contribution in [-0.4, -0.2) is 90.0 Å². The number of aliphatic imine (C=N–C) groups is 1.